The van der Waals surface area contributed by atoms with Crippen LogP contribution in [0.5, 0.6) is 0 Å². The zero-order valence-electron chi connectivity index (χ0n) is 16.3. The molecule has 1 heterocycles. The van der Waals surface area contributed by atoms with Crippen molar-refractivity contribution < 1.29 is 4.79 Å². The third kappa shape index (κ3) is 7.84. The molecule has 0 unspecified atom stereocenters. The average molecular weight is 501 g/mol. The maximum atomic E-state index is 12.0. The van der Waals surface area contributed by atoms with Crippen LogP contribution in [0.25, 0.3) is 0 Å². The van der Waals surface area contributed by atoms with Gasteiger partial charge in [0.1, 0.15) is 0 Å². The second-order valence-corrected chi connectivity index (χ2v) is 7.51. The van der Waals surface area contributed by atoms with Gasteiger partial charge < -0.3 is 15.5 Å². The maximum absolute atomic E-state index is 12.0. The number of aryl methyl sites for hydroxylation is 1. The fourth-order valence-corrected chi connectivity index (χ4v) is 3.26. The number of hydrogen-bond donors (Lipinski definition) is 2. The highest BCUT2D eigenvalue weighted by Crippen LogP contribution is 2.11. The summed E-state index contributed by atoms with van der Waals surface area (Å²) in [5, 5.41) is 7.74. The quantitative estimate of drug-likeness (QED) is 0.348. The van der Waals surface area contributed by atoms with Crippen LogP contribution in [0.15, 0.2) is 35.5 Å². The van der Waals surface area contributed by atoms with E-state index >= 15 is 0 Å². The number of guanidine groups is 1. The first-order chi connectivity index (χ1) is 12.5. The van der Waals surface area contributed by atoms with Crippen LogP contribution in [0.2, 0.25) is 0 Å². The van der Waals surface area contributed by atoms with Crippen molar-refractivity contribution in [2.45, 2.75) is 19.8 Å². The number of nitrogens with zero attached hydrogens (tertiary/aromatic N) is 3. The number of nitrogens with one attached hydrogen (secondary N) is 2. The number of benzene rings is 1. The van der Waals surface area contributed by atoms with Crippen molar-refractivity contribution in [3.8, 4) is 0 Å². The van der Waals surface area contributed by atoms with E-state index in [9.17, 15) is 4.79 Å². The van der Waals surface area contributed by atoms with E-state index in [4.69, 9.17) is 0 Å². The van der Waals surface area contributed by atoms with Gasteiger partial charge in [0, 0.05) is 57.3 Å². The van der Waals surface area contributed by atoms with Crippen LogP contribution in [-0.2, 0) is 12.8 Å². The number of aliphatic imine (C=N–C) groups is 1. The number of carbonyl (C=O) groups is 1. The lowest BCUT2D eigenvalue weighted by Crippen LogP contribution is -2.39. The lowest BCUT2D eigenvalue weighted by Gasteiger charge is -2.13. The van der Waals surface area contributed by atoms with Gasteiger partial charge in [-0.05, 0) is 31.0 Å². The molecule has 2 N–H and O–H groups in total. The Kier molecular flexibility index (Phi) is 10.3. The Bertz CT molecular complexity index is 760. The van der Waals surface area contributed by atoms with Crippen molar-refractivity contribution in [3.63, 3.8) is 0 Å². The standard InChI is InChI=1S/C19H27N5OS.HI/c1-14-13-23-17(26-14)9-11-22-19(20-2)21-10-8-15-6-5-7-16(12-15)18(25)24(3)4;/h5-7,12-13H,8-11H2,1-4H3,(H2,20,21,22);1H. The van der Waals surface area contributed by atoms with Gasteiger partial charge in [-0.3, -0.25) is 9.79 Å². The predicted octanol–water partition coefficient (Wildman–Crippen LogP) is 2.72. The first kappa shape index (κ1) is 23.4. The average Bonchev–Trinajstić information content (AvgIpc) is 3.05. The van der Waals surface area contributed by atoms with Crippen LogP contribution >= 0.6 is 35.3 Å². The minimum atomic E-state index is 0. The second-order valence-electron chi connectivity index (χ2n) is 6.19. The molecule has 1 amide bonds. The molecule has 0 atom stereocenters. The molecule has 0 fully saturated rings. The molecule has 1 aromatic heterocycles. The molecule has 0 radical (unpaired) electrons. The Hall–Kier alpha value is -1.68. The molecule has 148 valence electrons. The van der Waals surface area contributed by atoms with Gasteiger partial charge in [-0.2, -0.15) is 0 Å². The van der Waals surface area contributed by atoms with Gasteiger partial charge >= 0.3 is 0 Å². The summed E-state index contributed by atoms with van der Waals surface area (Å²) in [6.07, 6.45) is 3.61. The molecular formula is C19H28IN5OS. The topological polar surface area (TPSA) is 69.6 Å². The van der Waals surface area contributed by atoms with Gasteiger partial charge in [0.2, 0.25) is 0 Å². The number of rotatable bonds is 7. The predicted molar refractivity (Wildman–Crippen MR) is 123 cm³/mol. The van der Waals surface area contributed by atoms with E-state index in [1.54, 1.807) is 37.4 Å². The third-order valence-corrected chi connectivity index (χ3v) is 4.78. The number of carbonyl (C=O) groups excluding carboxylic acids is 1. The summed E-state index contributed by atoms with van der Waals surface area (Å²) in [7, 11) is 5.29. The van der Waals surface area contributed by atoms with Crippen LogP contribution < -0.4 is 10.6 Å². The summed E-state index contributed by atoms with van der Waals surface area (Å²) in [6.45, 7) is 3.60. The van der Waals surface area contributed by atoms with Gasteiger partial charge in [0.25, 0.3) is 5.91 Å². The number of hydrogen-bond acceptors (Lipinski definition) is 4. The zero-order chi connectivity index (χ0) is 18.9. The molecule has 2 rings (SSSR count). The lowest BCUT2D eigenvalue weighted by molar-refractivity contribution is 0.0827. The van der Waals surface area contributed by atoms with Crippen LogP contribution in [0.1, 0.15) is 25.8 Å². The molecule has 0 spiro atoms. The van der Waals surface area contributed by atoms with E-state index in [1.807, 2.05) is 30.5 Å². The molecule has 0 bridgehead atoms. The fraction of sp³-hybridized carbons (Fsp3) is 0.421. The van der Waals surface area contributed by atoms with Crippen molar-refractivity contribution in [2.75, 3.05) is 34.2 Å². The van der Waals surface area contributed by atoms with E-state index in [2.05, 4.69) is 27.5 Å². The molecule has 0 aliphatic heterocycles. The monoisotopic (exact) mass is 501 g/mol. The molecule has 0 aliphatic carbocycles. The Labute approximate surface area is 182 Å². The smallest absolute Gasteiger partial charge is 0.253 e. The van der Waals surface area contributed by atoms with Crippen molar-refractivity contribution in [1.82, 2.24) is 20.5 Å². The van der Waals surface area contributed by atoms with E-state index in [-0.39, 0.29) is 29.9 Å². The fourth-order valence-electron chi connectivity index (χ4n) is 2.47. The third-order valence-electron chi connectivity index (χ3n) is 3.81. The highest BCUT2D eigenvalue weighted by molar-refractivity contribution is 14.0. The number of halogens is 1. The summed E-state index contributed by atoms with van der Waals surface area (Å²) in [4.78, 5) is 23.5. The van der Waals surface area contributed by atoms with E-state index in [1.165, 1.54) is 4.88 Å². The number of thiazole rings is 1. The summed E-state index contributed by atoms with van der Waals surface area (Å²) in [5.74, 6) is 0.800. The Morgan fingerprint density at radius 2 is 1.93 bits per heavy atom. The normalized spacial score (nSPS) is 10.9. The van der Waals surface area contributed by atoms with Crippen molar-refractivity contribution >= 4 is 47.2 Å². The Morgan fingerprint density at radius 3 is 2.52 bits per heavy atom. The van der Waals surface area contributed by atoms with E-state index in [0.29, 0.717) is 5.56 Å². The van der Waals surface area contributed by atoms with Gasteiger partial charge in [-0.15, -0.1) is 35.3 Å². The molecule has 6 nitrogen and oxygen atoms in total. The van der Waals surface area contributed by atoms with E-state index < -0.39 is 0 Å². The van der Waals surface area contributed by atoms with Crippen LogP contribution in [-0.4, -0.2) is 56.0 Å². The largest absolute Gasteiger partial charge is 0.356 e. The van der Waals surface area contributed by atoms with Crippen molar-refractivity contribution in [2.24, 2.45) is 4.99 Å². The number of amides is 1. The van der Waals surface area contributed by atoms with E-state index in [0.717, 1.165) is 42.5 Å². The minimum absolute atomic E-state index is 0. The summed E-state index contributed by atoms with van der Waals surface area (Å²) >= 11 is 1.73. The first-order valence-electron chi connectivity index (χ1n) is 8.66. The maximum Gasteiger partial charge on any atom is 0.253 e. The van der Waals surface area contributed by atoms with Crippen molar-refractivity contribution in [1.29, 1.82) is 0 Å². The summed E-state index contributed by atoms with van der Waals surface area (Å²) in [6, 6.07) is 7.76. The van der Waals surface area contributed by atoms with Crippen molar-refractivity contribution in [3.05, 3.63) is 51.5 Å². The second kappa shape index (κ2) is 11.9. The molecule has 0 saturated carbocycles. The molecule has 8 heteroatoms. The molecular weight excluding hydrogens is 473 g/mol. The number of aromatic nitrogens is 1. The SMILES string of the molecule is CN=C(NCCc1cccc(C(=O)N(C)C)c1)NCCc1ncc(C)s1.I. The van der Waals surface area contributed by atoms with Gasteiger partial charge in [0.05, 0.1) is 5.01 Å². The molecule has 0 saturated heterocycles. The summed E-state index contributed by atoms with van der Waals surface area (Å²) < 4.78 is 0. The first-order valence-corrected chi connectivity index (χ1v) is 9.47. The van der Waals surface area contributed by atoms with Gasteiger partial charge in [0.15, 0.2) is 5.96 Å². The Morgan fingerprint density at radius 1 is 1.22 bits per heavy atom. The minimum Gasteiger partial charge on any atom is -0.356 e. The zero-order valence-corrected chi connectivity index (χ0v) is 19.4. The van der Waals surface area contributed by atoms with Crippen LogP contribution in [0.4, 0.5) is 0 Å². The lowest BCUT2D eigenvalue weighted by atomic mass is 10.1. The van der Waals surface area contributed by atoms with Crippen LogP contribution in [0.3, 0.4) is 0 Å². The Balaban J connectivity index is 0.00000364. The van der Waals surface area contributed by atoms with Gasteiger partial charge in [-0.1, -0.05) is 12.1 Å². The molecule has 0 aliphatic rings. The highest BCUT2D eigenvalue weighted by atomic mass is 127. The molecule has 1 aromatic carbocycles. The molecule has 27 heavy (non-hydrogen) atoms. The molecule has 2 aromatic rings. The highest BCUT2D eigenvalue weighted by Gasteiger charge is 2.08. The van der Waals surface area contributed by atoms with Gasteiger partial charge in [-0.25, -0.2) is 4.98 Å². The van der Waals surface area contributed by atoms with Crippen LogP contribution in [0, 0.1) is 6.92 Å². The summed E-state index contributed by atoms with van der Waals surface area (Å²) in [5.41, 5.74) is 1.84.